The topological polar surface area (TPSA) is 55.8 Å². The fourth-order valence-electron chi connectivity index (χ4n) is 4.81. The van der Waals surface area contributed by atoms with E-state index >= 15 is 0 Å². The quantitative estimate of drug-likeness (QED) is 0.297. The molecule has 0 unspecified atom stereocenters. The third-order valence-corrected chi connectivity index (χ3v) is 14.6. The normalized spacial score (nSPS) is 15.5. The third-order valence-electron chi connectivity index (χ3n) is 6.75. The Morgan fingerprint density at radius 1 is 0.861 bits per heavy atom. The molecule has 0 saturated heterocycles. The summed E-state index contributed by atoms with van der Waals surface area (Å²) in [4.78, 5) is 13.0. The summed E-state index contributed by atoms with van der Waals surface area (Å²) in [6.07, 6.45) is -0.927. The van der Waals surface area contributed by atoms with Gasteiger partial charge in [0, 0.05) is 0 Å². The Balaban J connectivity index is 1.96. The number of aliphatic hydroxyl groups excluding tert-OH is 1. The van der Waals surface area contributed by atoms with Crippen molar-refractivity contribution in [2.75, 3.05) is 13.7 Å². The van der Waals surface area contributed by atoms with E-state index in [0.717, 1.165) is 4.46 Å². The maximum absolute atomic E-state index is 13.0. The molecule has 0 fully saturated rings. The van der Waals surface area contributed by atoms with E-state index in [1.165, 1.54) is 17.5 Å². The van der Waals surface area contributed by atoms with Gasteiger partial charge in [-0.05, 0) is 0 Å². The summed E-state index contributed by atoms with van der Waals surface area (Å²) in [5, 5.41) is 13.8. The van der Waals surface area contributed by atoms with Gasteiger partial charge >= 0.3 is 224 Å². The van der Waals surface area contributed by atoms with Gasteiger partial charge in [-0.15, -0.1) is 0 Å². The minimum absolute atomic E-state index is 0.167. The van der Waals surface area contributed by atoms with Crippen LogP contribution in [0.3, 0.4) is 0 Å². The molecule has 1 N–H and O–H groups in total. The number of rotatable bonds is 10. The second kappa shape index (κ2) is 11.9. The fraction of sp³-hybridized carbons (Fsp3) is 0.367. The number of methoxy groups -OCH3 is 1. The second-order valence-corrected chi connectivity index (χ2v) is 17.9. The summed E-state index contributed by atoms with van der Waals surface area (Å²) in [7, 11) is -1.36. The molecule has 192 valence electrons. The van der Waals surface area contributed by atoms with Crippen LogP contribution in [0.25, 0.3) is 0 Å². The molecule has 0 aromatic heterocycles. The van der Waals surface area contributed by atoms with Crippen molar-refractivity contribution in [1.82, 2.24) is 0 Å². The van der Waals surface area contributed by atoms with Crippen LogP contribution in [0, 0.1) is 5.92 Å². The van der Waals surface area contributed by atoms with Crippen LogP contribution in [0.1, 0.15) is 34.6 Å². The summed E-state index contributed by atoms with van der Waals surface area (Å²) in [6, 6.07) is 30.8. The fourth-order valence-corrected chi connectivity index (χ4v) is 12.2. The van der Waals surface area contributed by atoms with E-state index in [4.69, 9.17) is 9.16 Å². The van der Waals surface area contributed by atoms with Crippen molar-refractivity contribution < 1.29 is 19.1 Å². The zero-order valence-electron chi connectivity index (χ0n) is 22.1. The van der Waals surface area contributed by atoms with Gasteiger partial charge in [0.1, 0.15) is 0 Å². The summed E-state index contributed by atoms with van der Waals surface area (Å²) in [5.41, 5.74) is 0. The minimum atomic E-state index is -2.75. The first-order valence-corrected chi connectivity index (χ1v) is 15.9. The zero-order chi connectivity index (χ0) is 26.4. The van der Waals surface area contributed by atoms with Crippen LogP contribution in [0.15, 0.2) is 91.0 Å². The molecule has 0 aliphatic carbocycles. The molecule has 6 heteroatoms. The summed E-state index contributed by atoms with van der Waals surface area (Å²) in [5.74, 6) is -0.683. The van der Waals surface area contributed by atoms with Gasteiger partial charge in [-0.2, -0.15) is 0 Å². The summed E-state index contributed by atoms with van der Waals surface area (Å²) in [6.45, 7) is 10.8. The van der Waals surface area contributed by atoms with Crippen LogP contribution in [0.5, 0.6) is 0 Å². The number of hydrogen-bond acceptors (Lipinski definition) is 4. The Hall–Kier alpha value is -2.21. The molecule has 36 heavy (non-hydrogen) atoms. The van der Waals surface area contributed by atoms with Gasteiger partial charge in [-0.25, -0.2) is 0 Å². The summed E-state index contributed by atoms with van der Waals surface area (Å²) >= 11 is -0.327. The van der Waals surface area contributed by atoms with Gasteiger partial charge in [-0.3, -0.25) is 0 Å². The SMILES string of the molecule is COC(=O)[C@@](C)([Se]c1ccccc1)[C@@H](O)[C@@H](C)CO[Si](c1ccccc1)(c1ccccc1)C(C)(C)C. The number of benzene rings is 3. The molecule has 3 aromatic carbocycles. The molecule has 0 amide bonds. The van der Waals surface area contributed by atoms with Crippen molar-refractivity contribution in [1.29, 1.82) is 0 Å². The van der Waals surface area contributed by atoms with Crippen LogP contribution >= 0.6 is 0 Å². The predicted molar refractivity (Wildman–Crippen MR) is 151 cm³/mol. The number of esters is 1. The van der Waals surface area contributed by atoms with Gasteiger partial charge in [0.15, 0.2) is 0 Å². The number of aliphatic hydroxyl groups is 1. The van der Waals surface area contributed by atoms with Crippen molar-refractivity contribution in [2.24, 2.45) is 5.92 Å². The van der Waals surface area contributed by atoms with Crippen LogP contribution in [0.2, 0.25) is 9.35 Å². The molecule has 4 nitrogen and oxygen atoms in total. The average Bonchev–Trinajstić information content (AvgIpc) is 2.89. The van der Waals surface area contributed by atoms with Crippen LogP contribution in [-0.4, -0.2) is 54.2 Å². The number of ether oxygens (including phenoxy) is 1. The molecular formula is C30H38O4SeSi. The molecule has 3 aromatic rings. The number of carbonyl (C=O) groups is 1. The molecule has 0 aliphatic heterocycles. The molecule has 0 radical (unpaired) electrons. The van der Waals surface area contributed by atoms with E-state index < -0.39 is 24.7 Å². The third kappa shape index (κ3) is 5.85. The van der Waals surface area contributed by atoms with Gasteiger partial charge in [0.05, 0.1) is 0 Å². The molecule has 0 aliphatic rings. The molecule has 0 bridgehead atoms. The van der Waals surface area contributed by atoms with Gasteiger partial charge in [-0.1, -0.05) is 0 Å². The Morgan fingerprint density at radius 2 is 1.31 bits per heavy atom. The van der Waals surface area contributed by atoms with Gasteiger partial charge < -0.3 is 0 Å². The molecule has 0 spiro atoms. The number of hydrogen-bond donors (Lipinski definition) is 1. The molecular weight excluding hydrogens is 531 g/mol. The standard InChI is InChI=1S/C30H38O4SeSi/c1-23(27(31)30(5,28(32)33-6)35-24-16-10-7-11-17-24)22-34-36(29(2,3)4,25-18-12-8-13-19-25)26-20-14-9-15-21-26/h7-21,23,27,31H,22H2,1-6H3/t23-,27-,30-/m0/s1. The molecule has 3 atom stereocenters. The Kier molecular flexibility index (Phi) is 9.37. The first-order chi connectivity index (χ1) is 17.1. The summed E-state index contributed by atoms with van der Waals surface area (Å²) < 4.78 is 12.2. The predicted octanol–water partition coefficient (Wildman–Crippen LogP) is 3.94. The van der Waals surface area contributed by atoms with Crippen LogP contribution < -0.4 is 14.8 Å². The Labute approximate surface area is 223 Å². The molecule has 0 saturated carbocycles. The Bertz CT molecular complexity index is 1060. The average molecular weight is 570 g/mol. The molecule has 0 heterocycles. The monoisotopic (exact) mass is 570 g/mol. The maximum atomic E-state index is 13.0. The van der Waals surface area contributed by atoms with Gasteiger partial charge in [0.2, 0.25) is 0 Å². The van der Waals surface area contributed by atoms with E-state index in [1.54, 1.807) is 0 Å². The van der Waals surface area contributed by atoms with E-state index in [1.807, 2.05) is 56.3 Å². The van der Waals surface area contributed by atoms with Crippen molar-refractivity contribution in [3.8, 4) is 0 Å². The van der Waals surface area contributed by atoms with Gasteiger partial charge in [0.25, 0.3) is 0 Å². The molecule has 3 rings (SSSR count). The van der Waals surface area contributed by atoms with E-state index in [9.17, 15) is 9.90 Å². The first-order valence-electron chi connectivity index (χ1n) is 12.3. The van der Waals surface area contributed by atoms with E-state index in [0.29, 0.717) is 6.61 Å². The second-order valence-electron chi connectivity index (χ2n) is 10.4. The Morgan fingerprint density at radius 3 is 1.72 bits per heavy atom. The van der Waals surface area contributed by atoms with Crippen molar-refractivity contribution >= 4 is 44.1 Å². The van der Waals surface area contributed by atoms with Crippen LogP contribution in [-0.2, 0) is 14.0 Å². The van der Waals surface area contributed by atoms with E-state index in [-0.39, 0.29) is 25.9 Å². The van der Waals surface area contributed by atoms with Crippen molar-refractivity contribution in [2.45, 2.75) is 50.1 Å². The zero-order valence-corrected chi connectivity index (χ0v) is 24.8. The number of carbonyl (C=O) groups excluding carboxylic acids is 1. The van der Waals surface area contributed by atoms with Crippen molar-refractivity contribution in [3.63, 3.8) is 0 Å². The van der Waals surface area contributed by atoms with Crippen molar-refractivity contribution in [3.05, 3.63) is 91.0 Å². The van der Waals surface area contributed by atoms with Crippen LogP contribution in [0.4, 0.5) is 0 Å². The first kappa shape index (κ1) is 28.4. The van der Waals surface area contributed by atoms with E-state index in [2.05, 4.69) is 69.3 Å².